The fraction of sp³-hybridized carbons (Fsp3) is 0.562. The second-order valence-corrected chi connectivity index (χ2v) is 5.53. The first kappa shape index (κ1) is 15.9. The van der Waals surface area contributed by atoms with E-state index in [0.717, 1.165) is 30.9 Å². The third-order valence-electron chi connectivity index (χ3n) is 4.06. The lowest BCUT2D eigenvalue weighted by Crippen LogP contribution is -2.51. The van der Waals surface area contributed by atoms with Gasteiger partial charge in [0.25, 0.3) is 0 Å². The third kappa shape index (κ3) is 3.81. The molecule has 1 aromatic rings. The van der Waals surface area contributed by atoms with E-state index in [2.05, 4.69) is 24.1 Å². The van der Waals surface area contributed by atoms with Crippen LogP contribution in [0.25, 0.3) is 0 Å². The van der Waals surface area contributed by atoms with Crippen LogP contribution in [0.4, 0.5) is 5.69 Å². The van der Waals surface area contributed by atoms with Gasteiger partial charge in [-0.1, -0.05) is 32.0 Å². The van der Waals surface area contributed by atoms with Crippen molar-refractivity contribution in [2.75, 3.05) is 31.6 Å². The first-order valence-corrected chi connectivity index (χ1v) is 7.57. The Morgan fingerprint density at radius 3 is 2.71 bits per heavy atom. The predicted octanol–water partition coefficient (Wildman–Crippen LogP) is 1.58. The topological polar surface area (TPSA) is 67.6 Å². The number of carbonyl (C=O) groups excluding carboxylic acids is 1. The number of anilines is 1. The Balaban J connectivity index is 2.11. The summed E-state index contributed by atoms with van der Waals surface area (Å²) in [5.74, 6) is -0.160. The highest BCUT2D eigenvalue weighted by atomic mass is 16.5. The third-order valence-corrected chi connectivity index (χ3v) is 4.06. The molecule has 1 saturated heterocycles. The first-order valence-electron chi connectivity index (χ1n) is 7.57. The highest BCUT2D eigenvalue weighted by molar-refractivity contribution is 5.98. The van der Waals surface area contributed by atoms with Gasteiger partial charge in [-0.15, -0.1) is 0 Å². The number of nitrogens with zero attached hydrogens (tertiary/aromatic N) is 1. The van der Waals surface area contributed by atoms with E-state index in [0.29, 0.717) is 13.0 Å². The summed E-state index contributed by atoms with van der Waals surface area (Å²) in [6.07, 6.45) is 0.567. The van der Waals surface area contributed by atoms with Gasteiger partial charge in [-0.25, -0.2) is 0 Å². The molecule has 1 aliphatic rings. The Morgan fingerprint density at radius 1 is 1.38 bits per heavy atom. The normalized spacial score (nSPS) is 21.7. The average molecular weight is 291 g/mol. The van der Waals surface area contributed by atoms with Crippen molar-refractivity contribution in [3.8, 4) is 0 Å². The van der Waals surface area contributed by atoms with Crippen LogP contribution >= 0.6 is 0 Å². The summed E-state index contributed by atoms with van der Waals surface area (Å²) < 4.78 is 5.25. The zero-order valence-electron chi connectivity index (χ0n) is 12.9. The second-order valence-electron chi connectivity index (χ2n) is 5.53. The van der Waals surface area contributed by atoms with Gasteiger partial charge in [0, 0.05) is 18.8 Å². The summed E-state index contributed by atoms with van der Waals surface area (Å²) in [6, 6.07) is 7.89. The van der Waals surface area contributed by atoms with Crippen molar-refractivity contribution < 1.29 is 9.53 Å². The average Bonchev–Trinajstić information content (AvgIpc) is 2.94. The largest absolute Gasteiger partial charge is 0.379 e. The summed E-state index contributed by atoms with van der Waals surface area (Å²) in [5.41, 5.74) is 7.15. The number of hydrogen-bond donors (Lipinski definition) is 2. The van der Waals surface area contributed by atoms with Crippen molar-refractivity contribution in [2.45, 2.75) is 32.4 Å². The number of ether oxygens (including phenoxy) is 1. The summed E-state index contributed by atoms with van der Waals surface area (Å²) in [6.45, 7) is 7.88. The van der Waals surface area contributed by atoms with Gasteiger partial charge in [-0.05, 0) is 31.1 Å². The minimum Gasteiger partial charge on any atom is -0.379 e. The van der Waals surface area contributed by atoms with Crippen LogP contribution in [0.2, 0.25) is 0 Å². The van der Waals surface area contributed by atoms with Crippen molar-refractivity contribution in [3.63, 3.8) is 0 Å². The number of amides is 1. The molecule has 5 nitrogen and oxygen atoms in total. The molecule has 1 unspecified atom stereocenters. The molecule has 1 aliphatic heterocycles. The van der Waals surface area contributed by atoms with Crippen LogP contribution in [0.3, 0.4) is 0 Å². The minimum absolute atomic E-state index is 0.160. The zero-order chi connectivity index (χ0) is 15.3. The molecule has 0 saturated carbocycles. The maximum absolute atomic E-state index is 12.4. The standard InChI is InChI=1S/C16H25N3O2/c1-3-19(4-2)11-13-7-5-6-8-14(13)18-15(20)16(17)9-10-21-12-16/h5-8H,3-4,9-12,17H2,1-2H3,(H,18,20). The molecule has 2 rings (SSSR count). The van der Waals surface area contributed by atoms with Gasteiger partial charge in [-0.2, -0.15) is 0 Å². The molecular formula is C16H25N3O2. The SMILES string of the molecule is CCN(CC)Cc1ccccc1NC(=O)C1(N)CCOC1. The van der Waals surface area contributed by atoms with Gasteiger partial charge >= 0.3 is 0 Å². The number of benzene rings is 1. The summed E-state index contributed by atoms with van der Waals surface area (Å²) >= 11 is 0. The zero-order valence-corrected chi connectivity index (χ0v) is 12.9. The Bertz CT molecular complexity index is 480. The van der Waals surface area contributed by atoms with E-state index in [1.54, 1.807) is 0 Å². The lowest BCUT2D eigenvalue weighted by Gasteiger charge is -2.23. The summed E-state index contributed by atoms with van der Waals surface area (Å²) in [4.78, 5) is 14.7. The van der Waals surface area contributed by atoms with E-state index in [1.165, 1.54) is 0 Å². The number of nitrogens with two attached hydrogens (primary N) is 1. The van der Waals surface area contributed by atoms with Crippen molar-refractivity contribution in [1.82, 2.24) is 4.90 Å². The van der Waals surface area contributed by atoms with Gasteiger partial charge in [0.15, 0.2) is 0 Å². The highest BCUT2D eigenvalue weighted by Crippen LogP contribution is 2.21. The van der Waals surface area contributed by atoms with Crippen LogP contribution < -0.4 is 11.1 Å². The molecule has 3 N–H and O–H groups in total. The summed E-state index contributed by atoms with van der Waals surface area (Å²) in [7, 11) is 0. The molecule has 0 spiro atoms. The van der Waals surface area contributed by atoms with Crippen molar-refractivity contribution in [3.05, 3.63) is 29.8 Å². The minimum atomic E-state index is -0.900. The number of nitrogens with one attached hydrogen (secondary N) is 1. The molecular weight excluding hydrogens is 266 g/mol. The van der Waals surface area contributed by atoms with Crippen LogP contribution in [0.15, 0.2) is 24.3 Å². The van der Waals surface area contributed by atoms with Crippen molar-refractivity contribution in [2.24, 2.45) is 5.73 Å². The lowest BCUT2D eigenvalue weighted by atomic mass is 9.99. The van der Waals surface area contributed by atoms with Crippen molar-refractivity contribution >= 4 is 11.6 Å². The molecule has 0 bridgehead atoms. The van der Waals surface area contributed by atoms with E-state index in [9.17, 15) is 4.79 Å². The molecule has 1 fully saturated rings. The van der Waals surface area contributed by atoms with E-state index >= 15 is 0 Å². The molecule has 0 aromatic heterocycles. The van der Waals surface area contributed by atoms with Crippen LogP contribution in [-0.2, 0) is 16.1 Å². The van der Waals surface area contributed by atoms with Gasteiger partial charge in [0.05, 0.1) is 6.61 Å². The second kappa shape index (κ2) is 7.02. The number of carbonyl (C=O) groups is 1. The highest BCUT2D eigenvalue weighted by Gasteiger charge is 2.38. The molecule has 1 heterocycles. The molecule has 116 valence electrons. The van der Waals surface area contributed by atoms with Gasteiger partial charge < -0.3 is 15.8 Å². The molecule has 1 atom stereocenters. The van der Waals surface area contributed by atoms with E-state index in [1.807, 2.05) is 24.3 Å². The lowest BCUT2D eigenvalue weighted by molar-refractivity contribution is -0.121. The van der Waals surface area contributed by atoms with Crippen LogP contribution in [-0.4, -0.2) is 42.6 Å². The molecule has 0 radical (unpaired) electrons. The van der Waals surface area contributed by atoms with Crippen LogP contribution in [0.1, 0.15) is 25.8 Å². The maximum atomic E-state index is 12.4. The first-order chi connectivity index (χ1) is 10.1. The molecule has 1 amide bonds. The quantitative estimate of drug-likeness (QED) is 0.835. The molecule has 21 heavy (non-hydrogen) atoms. The van der Waals surface area contributed by atoms with E-state index in [-0.39, 0.29) is 12.5 Å². The van der Waals surface area contributed by atoms with E-state index < -0.39 is 5.54 Å². The monoisotopic (exact) mass is 291 g/mol. The van der Waals surface area contributed by atoms with Crippen LogP contribution in [0.5, 0.6) is 0 Å². The Kier molecular flexibility index (Phi) is 5.33. The molecule has 5 heteroatoms. The maximum Gasteiger partial charge on any atom is 0.246 e. The van der Waals surface area contributed by atoms with Gasteiger partial charge in [0.2, 0.25) is 5.91 Å². The Morgan fingerprint density at radius 2 is 2.10 bits per heavy atom. The Labute approximate surface area is 126 Å². The van der Waals surface area contributed by atoms with Crippen LogP contribution in [0, 0.1) is 0 Å². The van der Waals surface area contributed by atoms with Gasteiger partial charge in [0.1, 0.15) is 5.54 Å². The smallest absolute Gasteiger partial charge is 0.246 e. The van der Waals surface area contributed by atoms with Gasteiger partial charge in [-0.3, -0.25) is 9.69 Å². The summed E-state index contributed by atoms with van der Waals surface area (Å²) in [5, 5.41) is 2.98. The number of para-hydroxylation sites is 1. The predicted molar refractivity (Wildman–Crippen MR) is 84.1 cm³/mol. The van der Waals surface area contributed by atoms with E-state index in [4.69, 9.17) is 10.5 Å². The number of rotatable bonds is 6. The fourth-order valence-corrected chi connectivity index (χ4v) is 2.47. The molecule has 0 aliphatic carbocycles. The fourth-order valence-electron chi connectivity index (χ4n) is 2.47. The Hall–Kier alpha value is -1.43. The number of hydrogen-bond acceptors (Lipinski definition) is 4. The molecule has 1 aromatic carbocycles. The van der Waals surface area contributed by atoms with Crippen molar-refractivity contribution in [1.29, 1.82) is 0 Å².